The molecule has 0 bridgehead atoms. The van der Waals surface area contributed by atoms with Crippen LogP contribution >= 0.6 is 0 Å². The Morgan fingerprint density at radius 1 is 1.10 bits per heavy atom. The standard InChI is InChI=1S/C20H16F3N3O3/c1-12(14-4-7-16-17(10-14)29-11-28-16)24-19(27)13-2-5-15(6-3-13)26-9-8-18(25-26)20(21,22)23/h2-10,12H,11H2,1H3,(H,24,27)/t12-/m1/s1. The number of amides is 1. The maximum Gasteiger partial charge on any atom is 0.435 e. The first-order valence-electron chi connectivity index (χ1n) is 8.75. The number of benzene rings is 2. The van der Waals surface area contributed by atoms with Crippen LogP contribution in [-0.2, 0) is 6.18 Å². The number of aromatic nitrogens is 2. The lowest BCUT2D eigenvalue weighted by Crippen LogP contribution is -2.26. The van der Waals surface area contributed by atoms with Gasteiger partial charge in [0.1, 0.15) is 0 Å². The number of carbonyl (C=O) groups excluding carboxylic acids is 1. The number of carbonyl (C=O) groups is 1. The van der Waals surface area contributed by atoms with Crippen molar-refractivity contribution in [3.05, 3.63) is 71.5 Å². The Balaban J connectivity index is 1.45. The second-order valence-electron chi connectivity index (χ2n) is 6.50. The van der Waals surface area contributed by atoms with Crippen LogP contribution in [0.2, 0.25) is 0 Å². The van der Waals surface area contributed by atoms with Crippen LogP contribution in [0, 0.1) is 0 Å². The summed E-state index contributed by atoms with van der Waals surface area (Å²) in [6.45, 7) is 2.01. The molecule has 0 saturated carbocycles. The highest BCUT2D eigenvalue weighted by molar-refractivity contribution is 5.94. The van der Waals surface area contributed by atoms with E-state index in [1.165, 1.54) is 30.5 Å². The van der Waals surface area contributed by atoms with Gasteiger partial charge in [0.25, 0.3) is 5.91 Å². The number of hydrogen-bond donors (Lipinski definition) is 1. The largest absolute Gasteiger partial charge is 0.454 e. The minimum Gasteiger partial charge on any atom is -0.454 e. The smallest absolute Gasteiger partial charge is 0.435 e. The molecule has 0 spiro atoms. The van der Waals surface area contributed by atoms with E-state index in [0.29, 0.717) is 22.7 Å². The number of nitrogens with one attached hydrogen (secondary N) is 1. The number of fused-ring (bicyclic) bond motifs is 1. The van der Waals surface area contributed by atoms with Crippen LogP contribution in [0.25, 0.3) is 5.69 Å². The Hall–Kier alpha value is -3.49. The van der Waals surface area contributed by atoms with E-state index < -0.39 is 11.9 Å². The first-order valence-corrected chi connectivity index (χ1v) is 8.75. The second kappa shape index (κ2) is 7.16. The number of ether oxygens (including phenoxy) is 2. The average Bonchev–Trinajstić information content (AvgIpc) is 3.36. The van der Waals surface area contributed by atoms with Crippen molar-refractivity contribution in [1.29, 1.82) is 0 Å². The summed E-state index contributed by atoms with van der Waals surface area (Å²) in [5.41, 5.74) is 0.678. The van der Waals surface area contributed by atoms with Crippen molar-refractivity contribution < 1.29 is 27.4 Å². The van der Waals surface area contributed by atoms with Crippen molar-refractivity contribution in [2.45, 2.75) is 19.1 Å². The van der Waals surface area contributed by atoms with Gasteiger partial charge in [0, 0.05) is 11.8 Å². The van der Waals surface area contributed by atoms with Crippen molar-refractivity contribution in [2.24, 2.45) is 0 Å². The molecule has 6 nitrogen and oxygen atoms in total. The molecule has 0 unspecified atom stereocenters. The molecule has 0 fully saturated rings. The summed E-state index contributed by atoms with van der Waals surface area (Å²) in [6, 6.07) is 12.2. The summed E-state index contributed by atoms with van der Waals surface area (Å²) < 4.78 is 49.8. The molecule has 4 rings (SSSR count). The van der Waals surface area contributed by atoms with Crippen LogP contribution in [0.15, 0.2) is 54.7 Å². The molecule has 9 heteroatoms. The van der Waals surface area contributed by atoms with Crippen LogP contribution in [0.5, 0.6) is 11.5 Å². The monoisotopic (exact) mass is 403 g/mol. The van der Waals surface area contributed by atoms with Crippen molar-refractivity contribution in [1.82, 2.24) is 15.1 Å². The highest BCUT2D eigenvalue weighted by Gasteiger charge is 2.33. The normalized spacial score (nSPS) is 13.9. The molecule has 0 saturated heterocycles. The highest BCUT2D eigenvalue weighted by atomic mass is 19.4. The predicted octanol–water partition coefficient (Wildman–Crippen LogP) is 4.11. The zero-order valence-corrected chi connectivity index (χ0v) is 15.2. The first-order chi connectivity index (χ1) is 13.8. The highest BCUT2D eigenvalue weighted by Crippen LogP contribution is 2.34. The van der Waals surface area contributed by atoms with E-state index in [1.54, 1.807) is 6.07 Å². The van der Waals surface area contributed by atoms with E-state index in [9.17, 15) is 18.0 Å². The molecule has 2 heterocycles. The summed E-state index contributed by atoms with van der Waals surface area (Å²) in [5, 5.41) is 6.39. The molecule has 29 heavy (non-hydrogen) atoms. The van der Waals surface area contributed by atoms with E-state index in [2.05, 4.69) is 10.4 Å². The number of nitrogens with zero attached hydrogens (tertiary/aromatic N) is 2. The SMILES string of the molecule is C[C@@H](NC(=O)c1ccc(-n2ccc(C(F)(F)F)n2)cc1)c1ccc2c(c1)OCO2. The molecule has 3 aromatic rings. The second-order valence-corrected chi connectivity index (χ2v) is 6.50. The van der Waals surface area contributed by atoms with Gasteiger partial charge < -0.3 is 14.8 Å². The van der Waals surface area contributed by atoms with Gasteiger partial charge in [0.05, 0.1) is 11.7 Å². The number of hydrogen-bond acceptors (Lipinski definition) is 4. The Bertz CT molecular complexity index is 1050. The third-order valence-corrected chi connectivity index (χ3v) is 4.52. The van der Waals surface area contributed by atoms with E-state index in [1.807, 2.05) is 19.1 Å². The molecule has 1 N–H and O–H groups in total. The van der Waals surface area contributed by atoms with Crippen molar-refractivity contribution >= 4 is 5.91 Å². The topological polar surface area (TPSA) is 65.4 Å². The zero-order chi connectivity index (χ0) is 20.6. The molecule has 1 atom stereocenters. The van der Waals surface area contributed by atoms with E-state index in [0.717, 1.165) is 16.3 Å². The van der Waals surface area contributed by atoms with Gasteiger partial charge in [-0.1, -0.05) is 6.07 Å². The van der Waals surface area contributed by atoms with Crippen LogP contribution in [-0.4, -0.2) is 22.5 Å². The number of rotatable bonds is 4. The quantitative estimate of drug-likeness (QED) is 0.712. The lowest BCUT2D eigenvalue weighted by atomic mass is 10.1. The maximum absolute atomic E-state index is 12.7. The third kappa shape index (κ3) is 3.89. The van der Waals surface area contributed by atoms with Gasteiger partial charge in [-0.05, 0) is 55.0 Å². The molecule has 0 radical (unpaired) electrons. The van der Waals surface area contributed by atoms with Gasteiger partial charge in [-0.15, -0.1) is 0 Å². The molecule has 1 amide bonds. The lowest BCUT2D eigenvalue weighted by Gasteiger charge is -2.15. The van der Waals surface area contributed by atoms with E-state index in [4.69, 9.17) is 9.47 Å². The van der Waals surface area contributed by atoms with Crippen LogP contribution in [0.4, 0.5) is 13.2 Å². The van der Waals surface area contributed by atoms with Crippen LogP contribution in [0.1, 0.15) is 34.6 Å². The van der Waals surface area contributed by atoms with Gasteiger partial charge in [-0.3, -0.25) is 4.79 Å². The summed E-state index contributed by atoms with van der Waals surface area (Å²) >= 11 is 0. The van der Waals surface area contributed by atoms with E-state index >= 15 is 0 Å². The van der Waals surface area contributed by atoms with Gasteiger partial charge in [-0.25, -0.2) is 4.68 Å². The molecule has 2 aromatic carbocycles. The van der Waals surface area contributed by atoms with Crippen molar-refractivity contribution in [2.75, 3.05) is 6.79 Å². The fourth-order valence-electron chi connectivity index (χ4n) is 2.93. The Kier molecular flexibility index (Phi) is 4.65. The average molecular weight is 403 g/mol. The van der Waals surface area contributed by atoms with Gasteiger partial charge in [-0.2, -0.15) is 18.3 Å². The fourth-order valence-corrected chi connectivity index (χ4v) is 2.93. The predicted molar refractivity (Wildman–Crippen MR) is 97.0 cm³/mol. The number of alkyl halides is 3. The molecule has 150 valence electrons. The van der Waals surface area contributed by atoms with Crippen LogP contribution in [0.3, 0.4) is 0 Å². The summed E-state index contributed by atoms with van der Waals surface area (Å²) in [4.78, 5) is 12.5. The van der Waals surface area contributed by atoms with Crippen molar-refractivity contribution in [3.8, 4) is 17.2 Å². The van der Waals surface area contributed by atoms with Gasteiger partial charge >= 0.3 is 6.18 Å². The molecule has 0 aliphatic carbocycles. The maximum atomic E-state index is 12.7. The zero-order valence-electron chi connectivity index (χ0n) is 15.2. The Morgan fingerprint density at radius 3 is 2.52 bits per heavy atom. The Morgan fingerprint density at radius 2 is 1.83 bits per heavy atom. The molecule has 1 aliphatic rings. The molecular weight excluding hydrogens is 387 g/mol. The molecule has 1 aromatic heterocycles. The number of halogens is 3. The minimum atomic E-state index is -4.50. The van der Waals surface area contributed by atoms with Gasteiger partial charge in [0.2, 0.25) is 6.79 Å². The lowest BCUT2D eigenvalue weighted by molar-refractivity contribution is -0.141. The molecule has 1 aliphatic heterocycles. The Labute approximate surface area is 163 Å². The van der Waals surface area contributed by atoms with E-state index in [-0.39, 0.29) is 18.7 Å². The van der Waals surface area contributed by atoms with Crippen LogP contribution < -0.4 is 14.8 Å². The minimum absolute atomic E-state index is 0.173. The van der Waals surface area contributed by atoms with Gasteiger partial charge in [0.15, 0.2) is 17.2 Å². The summed E-state index contributed by atoms with van der Waals surface area (Å²) in [7, 11) is 0. The van der Waals surface area contributed by atoms with Crippen molar-refractivity contribution in [3.63, 3.8) is 0 Å². The fraction of sp³-hybridized carbons (Fsp3) is 0.200. The summed E-state index contributed by atoms with van der Waals surface area (Å²) in [6.07, 6.45) is -3.28. The molecular formula is C20H16F3N3O3. The first kappa shape index (κ1) is 18.9. The third-order valence-electron chi connectivity index (χ3n) is 4.52. The summed E-state index contributed by atoms with van der Waals surface area (Å²) in [5.74, 6) is 0.985.